The van der Waals surface area contributed by atoms with Crippen LogP contribution >= 0.6 is 12.2 Å². The smallest absolute Gasteiger partial charge is 0.269 e. The molecule has 0 spiro atoms. The second kappa shape index (κ2) is 44.3. The van der Waals surface area contributed by atoms with Crippen molar-refractivity contribution in [2.24, 2.45) is 0 Å². The third-order valence-electron chi connectivity index (χ3n) is 14.4. The number of nitrogens with zero attached hydrogens (tertiary/aromatic N) is 1. The minimum absolute atomic E-state index is 0.0785. The van der Waals surface area contributed by atoms with Crippen molar-refractivity contribution in [3.8, 4) is 0 Å². The summed E-state index contributed by atoms with van der Waals surface area (Å²) in [6.07, 6.45) is 37.6. The lowest BCUT2D eigenvalue weighted by atomic mass is 9.98. The van der Waals surface area contributed by atoms with Gasteiger partial charge in [-0.15, -0.1) is 0 Å². The van der Waals surface area contributed by atoms with Crippen molar-refractivity contribution in [1.82, 2.24) is 5.32 Å². The van der Waals surface area contributed by atoms with Crippen LogP contribution in [0.2, 0.25) is 0 Å². The van der Waals surface area contributed by atoms with Gasteiger partial charge < -0.3 is 50.4 Å². The van der Waals surface area contributed by atoms with Crippen molar-refractivity contribution >= 4 is 28.8 Å². The zero-order valence-electron chi connectivity index (χ0n) is 44.8. The van der Waals surface area contributed by atoms with E-state index in [2.05, 4.69) is 24.5 Å². The average molecular weight is 1020 g/mol. The Morgan fingerprint density at radius 3 is 1.41 bits per heavy atom. The summed E-state index contributed by atoms with van der Waals surface area (Å²) in [6.45, 7) is 4.71. The molecule has 0 radical (unpaired) electrons. The number of hydrogen-bond donors (Lipinski definition) is 7. The van der Waals surface area contributed by atoms with Crippen molar-refractivity contribution in [3.05, 3.63) is 34.4 Å². The zero-order valence-corrected chi connectivity index (χ0v) is 45.7. The molecular weight excluding hydrogens is 919 g/mol. The first-order valence-corrected chi connectivity index (χ1v) is 29.6. The van der Waals surface area contributed by atoms with E-state index in [4.69, 9.17) is 26.4 Å². The second-order valence-electron chi connectivity index (χ2n) is 20.8. The van der Waals surface area contributed by atoms with Gasteiger partial charge in [-0.2, -0.15) is 0 Å². The van der Waals surface area contributed by atoms with Crippen LogP contribution in [-0.4, -0.2) is 104 Å². The van der Waals surface area contributed by atoms with Crippen LogP contribution in [0.1, 0.15) is 251 Å². The lowest BCUT2D eigenvalue weighted by Crippen LogP contribution is -2.60. The molecule has 1 aliphatic heterocycles. The van der Waals surface area contributed by atoms with Crippen molar-refractivity contribution in [2.75, 3.05) is 25.1 Å². The molecule has 414 valence electrons. The number of nitro benzene ring substituents is 1. The van der Waals surface area contributed by atoms with Gasteiger partial charge in [0.25, 0.3) is 10.9 Å². The van der Waals surface area contributed by atoms with Gasteiger partial charge in [0.15, 0.2) is 6.29 Å². The van der Waals surface area contributed by atoms with Gasteiger partial charge in [-0.05, 0) is 43.7 Å². The van der Waals surface area contributed by atoms with Crippen LogP contribution in [0, 0.1) is 10.1 Å². The number of unbranched alkanes of at least 4 members (excludes halogenated alkanes) is 34. The monoisotopic (exact) mass is 1020 g/mol. The van der Waals surface area contributed by atoms with E-state index in [1.54, 1.807) is 0 Å². The van der Waals surface area contributed by atoms with E-state index in [9.17, 15) is 35.6 Å². The van der Waals surface area contributed by atoms with Crippen LogP contribution in [0.5, 0.6) is 0 Å². The molecule has 71 heavy (non-hydrogen) atoms. The van der Waals surface area contributed by atoms with E-state index >= 15 is 0 Å². The Labute approximate surface area is 436 Å². The Morgan fingerprint density at radius 2 is 1.00 bits per heavy atom. The van der Waals surface area contributed by atoms with Crippen LogP contribution in [0.4, 0.5) is 11.4 Å². The number of nitro groups is 1. The number of anilines is 1. The first kappa shape index (κ1) is 65.1. The van der Waals surface area contributed by atoms with Crippen LogP contribution in [0.25, 0.3) is 0 Å². The lowest BCUT2D eigenvalue weighted by molar-refractivity contribution is -0.384. The van der Waals surface area contributed by atoms with Crippen LogP contribution in [-0.2, 0) is 14.2 Å². The number of benzene rings is 1. The second-order valence-corrected chi connectivity index (χ2v) is 21.2. The van der Waals surface area contributed by atoms with E-state index in [1.165, 1.54) is 217 Å². The zero-order chi connectivity index (χ0) is 51.6. The molecular formula is C57H105N3O10S. The Kier molecular flexibility index (Phi) is 40.6. The molecule has 1 aromatic carbocycles. The van der Waals surface area contributed by atoms with Crippen molar-refractivity contribution < 1.29 is 44.7 Å². The number of aliphatic hydroxyl groups is 5. The number of non-ortho nitro benzene ring substituents is 1. The first-order chi connectivity index (χ1) is 34.6. The minimum Gasteiger partial charge on any atom is -0.468 e. The largest absolute Gasteiger partial charge is 0.468 e. The quantitative estimate of drug-likeness (QED) is 0.0141. The van der Waals surface area contributed by atoms with Gasteiger partial charge in [-0.3, -0.25) is 10.1 Å². The molecule has 1 aliphatic rings. The number of hydrogen-bond acceptors (Lipinski definition) is 12. The van der Waals surface area contributed by atoms with Gasteiger partial charge in [0.2, 0.25) is 0 Å². The van der Waals surface area contributed by atoms with E-state index < -0.39 is 53.9 Å². The molecule has 1 heterocycles. The molecule has 8 atom stereocenters. The Balaban J connectivity index is 1.71. The van der Waals surface area contributed by atoms with Crippen LogP contribution < -0.4 is 10.6 Å². The van der Waals surface area contributed by atoms with Crippen molar-refractivity contribution in [1.29, 1.82) is 0 Å². The van der Waals surface area contributed by atoms with Gasteiger partial charge in [-0.1, -0.05) is 239 Å². The molecule has 0 aromatic heterocycles. The fourth-order valence-corrected chi connectivity index (χ4v) is 9.84. The lowest BCUT2D eigenvalue weighted by Gasteiger charge is -2.40. The maximum absolute atomic E-state index is 11.4. The highest BCUT2D eigenvalue weighted by Gasteiger charge is 2.45. The average Bonchev–Trinajstić information content (AvgIpc) is 3.36. The van der Waals surface area contributed by atoms with E-state index in [0.29, 0.717) is 18.7 Å². The number of ether oxygens (including phenoxy) is 3. The molecule has 0 bridgehead atoms. The highest BCUT2D eigenvalue weighted by Crippen LogP contribution is 2.25. The SMILES string of the molecule is CCCCCCCCCCCCCCCCCCCCCCCCCCN[C@@H](CO[C@H]1O[C@H](COC(=S)Nc2ccc([N+](=O)[O-])cc2)[C@H](O)[C@H](O)[C@H]1O)[C@H](O)[C@H](O)CCCCCCCCCCCCCC. The molecule has 0 amide bonds. The fourth-order valence-electron chi connectivity index (χ4n) is 9.66. The Bertz CT molecular complexity index is 1400. The molecule has 0 saturated carbocycles. The molecule has 0 unspecified atom stereocenters. The van der Waals surface area contributed by atoms with Crippen molar-refractivity contribution in [3.63, 3.8) is 0 Å². The molecule has 1 saturated heterocycles. The topological polar surface area (TPSA) is 196 Å². The summed E-state index contributed by atoms with van der Waals surface area (Å²) in [7, 11) is 0. The molecule has 14 heteroatoms. The maximum atomic E-state index is 11.4. The van der Waals surface area contributed by atoms with Crippen LogP contribution in [0.3, 0.4) is 0 Å². The number of thiocarbonyl (C=S) groups is 1. The third kappa shape index (κ3) is 32.8. The summed E-state index contributed by atoms with van der Waals surface area (Å²) in [5.41, 5.74) is 0.372. The van der Waals surface area contributed by atoms with Gasteiger partial charge in [0, 0.05) is 17.8 Å². The van der Waals surface area contributed by atoms with Gasteiger partial charge in [-0.25, -0.2) is 0 Å². The predicted molar refractivity (Wildman–Crippen MR) is 294 cm³/mol. The van der Waals surface area contributed by atoms with Gasteiger partial charge in [0.05, 0.1) is 29.8 Å². The van der Waals surface area contributed by atoms with E-state index in [0.717, 1.165) is 38.5 Å². The summed E-state index contributed by atoms with van der Waals surface area (Å²) in [4.78, 5) is 10.5. The van der Waals surface area contributed by atoms with E-state index in [-0.39, 0.29) is 24.1 Å². The normalized spacial score (nSPS) is 19.4. The maximum Gasteiger partial charge on any atom is 0.269 e. The highest BCUT2D eigenvalue weighted by atomic mass is 32.1. The van der Waals surface area contributed by atoms with Crippen LogP contribution in [0.15, 0.2) is 24.3 Å². The molecule has 13 nitrogen and oxygen atoms in total. The fraction of sp³-hybridized carbons (Fsp3) is 0.877. The predicted octanol–water partition coefficient (Wildman–Crippen LogP) is 13.3. The minimum atomic E-state index is -1.62. The molecule has 0 aliphatic carbocycles. The summed E-state index contributed by atoms with van der Waals surface area (Å²) in [6, 6.07) is 4.91. The Hall–Kier alpha value is -2.01. The first-order valence-electron chi connectivity index (χ1n) is 29.2. The van der Waals surface area contributed by atoms with Crippen molar-refractivity contribution in [2.45, 2.75) is 300 Å². The molecule has 1 aromatic rings. The number of nitrogens with one attached hydrogen (secondary N) is 2. The van der Waals surface area contributed by atoms with Gasteiger partial charge >= 0.3 is 0 Å². The molecule has 1 fully saturated rings. The third-order valence-corrected chi connectivity index (χ3v) is 14.6. The summed E-state index contributed by atoms with van der Waals surface area (Å²) >= 11 is 5.26. The number of aliphatic hydroxyl groups excluding tert-OH is 5. The summed E-state index contributed by atoms with van der Waals surface area (Å²) in [5.74, 6) is 0. The Morgan fingerprint density at radius 1 is 0.606 bits per heavy atom. The summed E-state index contributed by atoms with van der Waals surface area (Å²) in [5, 5.41) is 72.0. The van der Waals surface area contributed by atoms with E-state index in [1.807, 2.05) is 0 Å². The summed E-state index contributed by atoms with van der Waals surface area (Å²) < 4.78 is 17.5. The van der Waals surface area contributed by atoms with Gasteiger partial charge in [0.1, 0.15) is 31.0 Å². The standard InChI is InChI=1S/C57H105N3O10S/c1-3-5-7-9-11-13-15-17-18-19-20-21-22-23-24-25-26-27-28-30-32-34-36-38-44-58-49(52(62)50(61)39-37-35-33-31-29-16-14-12-10-8-6-4-2)45-68-56-55(65)54(64)53(63)51(70-56)46-69-57(71)59-47-40-42-48(43-41-47)60(66)67/h40-43,49-56,58,61-65H,3-39,44-46H2,1-2H3,(H,59,71)/t49-,50+,51+,52-,53-,54-,55+,56-/m0/s1. The number of rotatable bonds is 48. The molecule has 2 rings (SSSR count). The molecule has 7 N–H and O–H groups in total. The highest BCUT2D eigenvalue weighted by molar-refractivity contribution is 7.80.